The van der Waals surface area contributed by atoms with Gasteiger partial charge in [0.1, 0.15) is 11.4 Å². The second kappa shape index (κ2) is 4.27. The normalized spacial score (nSPS) is 11.6. The smallest absolute Gasteiger partial charge is 0.152 e. The quantitative estimate of drug-likeness (QED) is 0.644. The number of fused-ring (bicyclic) bond motifs is 1. The minimum Gasteiger partial charge on any atom is -0.507 e. The van der Waals surface area contributed by atoms with Crippen LogP contribution in [0.4, 0.5) is 11.5 Å². The van der Waals surface area contributed by atoms with Gasteiger partial charge in [0.25, 0.3) is 0 Å². The topological polar surface area (TPSA) is 60.7 Å². The van der Waals surface area contributed by atoms with Gasteiger partial charge in [0.2, 0.25) is 0 Å². The third-order valence-corrected chi connectivity index (χ3v) is 3.68. The third kappa shape index (κ3) is 1.89. The molecular weight excluding hydrogens is 246 g/mol. The molecule has 0 aliphatic carbocycles. The first-order valence-corrected chi connectivity index (χ1v) is 6.33. The van der Waals surface area contributed by atoms with Crippen molar-refractivity contribution in [3.05, 3.63) is 41.4 Å². The summed E-state index contributed by atoms with van der Waals surface area (Å²) in [6, 6.07) is 9.11. The van der Waals surface area contributed by atoms with Crippen LogP contribution in [0.25, 0.3) is 10.1 Å². The van der Waals surface area contributed by atoms with Gasteiger partial charge in [-0.25, -0.2) is 0 Å². The Balaban J connectivity index is 2.09. The molecule has 0 bridgehead atoms. The number of H-pyrrole nitrogens is 1. The predicted molar refractivity (Wildman–Crippen MR) is 73.2 cm³/mol. The van der Waals surface area contributed by atoms with E-state index in [1.165, 1.54) is 0 Å². The lowest BCUT2D eigenvalue weighted by Crippen LogP contribution is -1.68. The summed E-state index contributed by atoms with van der Waals surface area (Å²) in [6.45, 7) is 2.01. The van der Waals surface area contributed by atoms with E-state index in [0.29, 0.717) is 5.82 Å². The molecule has 2 aromatic heterocycles. The molecule has 0 unspecified atom stereocenters. The maximum absolute atomic E-state index is 9.79. The van der Waals surface area contributed by atoms with Crippen LogP contribution in [0.3, 0.4) is 0 Å². The molecule has 2 heterocycles. The predicted octanol–water partition coefficient (Wildman–Crippen LogP) is 4.66. The van der Waals surface area contributed by atoms with Gasteiger partial charge in [0.15, 0.2) is 5.82 Å². The first kappa shape index (κ1) is 11.0. The van der Waals surface area contributed by atoms with E-state index in [4.69, 9.17) is 0 Å². The van der Waals surface area contributed by atoms with E-state index in [2.05, 4.69) is 15.2 Å². The highest BCUT2D eigenvalue weighted by Crippen LogP contribution is 2.39. The maximum Gasteiger partial charge on any atom is 0.152 e. The zero-order valence-corrected chi connectivity index (χ0v) is 10.5. The molecule has 3 rings (SSSR count). The van der Waals surface area contributed by atoms with Crippen LogP contribution in [0.1, 0.15) is 4.88 Å². The van der Waals surface area contributed by atoms with Crippen molar-refractivity contribution in [1.82, 2.24) is 4.98 Å². The van der Waals surface area contributed by atoms with E-state index in [9.17, 15) is 5.11 Å². The molecule has 0 amide bonds. The van der Waals surface area contributed by atoms with Crippen LogP contribution < -0.4 is 0 Å². The Hall–Kier alpha value is -2.14. The van der Waals surface area contributed by atoms with Crippen molar-refractivity contribution >= 4 is 32.9 Å². The fourth-order valence-corrected chi connectivity index (χ4v) is 2.77. The van der Waals surface area contributed by atoms with Crippen molar-refractivity contribution in [3.63, 3.8) is 0 Å². The maximum atomic E-state index is 9.79. The molecule has 0 saturated heterocycles. The van der Waals surface area contributed by atoms with Gasteiger partial charge < -0.3 is 10.1 Å². The molecule has 3 aromatic rings. The number of aryl methyl sites for hydroxylation is 1. The summed E-state index contributed by atoms with van der Waals surface area (Å²) in [6.07, 6.45) is 1.80. The van der Waals surface area contributed by atoms with Crippen LogP contribution >= 0.6 is 11.3 Å². The van der Waals surface area contributed by atoms with Crippen molar-refractivity contribution in [3.8, 4) is 5.75 Å². The van der Waals surface area contributed by atoms with Gasteiger partial charge in [-0.1, -0.05) is 0 Å². The Bertz CT molecular complexity index is 713. The Morgan fingerprint density at radius 1 is 1.22 bits per heavy atom. The Labute approximate surface area is 108 Å². The lowest BCUT2D eigenvalue weighted by atomic mass is 10.2. The molecule has 0 atom stereocenters. The molecule has 90 valence electrons. The van der Waals surface area contributed by atoms with Gasteiger partial charge in [0.05, 0.1) is 4.70 Å². The minimum absolute atomic E-state index is 0.285. The highest BCUT2D eigenvalue weighted by atomic mass is 32.1. The van der Waals surface area contributed by atoms with Gasteiger partial charge in [-0.3, -0.25) is 0 Å². The van der Waals surface area contributed by atoms with Crippen molar-refractivity contribution in [2.45, 2.75) is 6.92 Å². The van der Waals surface area contributed by atoms with Gasteiger partial charge in [-0.15, -0.1) is 21.6 Å². The van der Waals surface area contributed by atoms with E-state index >= 15 is 0 Å². The van der Waals surface area contributed by atoms with Gasteiger partial charge in [-0.05, 0) is 37.3 Å². The number of aromatic hydroxyl groups is 1. The van der Waals surface area contributed by atoms with E-state index < -0.39 is 0 Å². The Kier molecular flexibility index (Phi) is 2.60. The number of hydrogen-bond donors (Lipinski definition) is 2. The number of nitrogens with one attached hydrogen (secondary N) is 1. The number of thiophene rings is 1. The number of phenolic OH excluding ortho intramolecular Hbond substituents is 1. The van der Waals surface area contributed by atoms with Gasteiger partial charge in [-0.2, -0.15) is 0 Å². The monoisotopic (exact) mass is 257 g/mol. The van der Waals surface area contributed by atoms with Crippen molar-refractivity contribution in [2.75, 3.05) is 0 Å². The molecule has 2 N–H and O–H groups in total. The highest BCUT2D eigenvalue weighted by molar-refractivity contribution is 7.19. The molecule has 0 radical (unpaired) electrons. The lowest BCUT2D eigenvalue weighted by Gasteiger charge is -1.97. The second-order valence-corrected chi connectivity index (χ2v) is 5.22. The number of rotatable bonds is 2. The molecule has 0 saturated carbocycles. The zero-order valence-electron chi connectivity index (χ0n) is 9.71. The summed E-state index contributed by atoms with van der Waals surface area (Å²) in [5.41, 5.74) is 0.774. The summed E-state index contributed by atoms with van der Waals surface area (Å²) in [5.74, 6) is 0.998. The summed E-state index contributed by atoms with van der Waals surface area (Å²) in [7, 11) is 0. The summed E-state index contributed by atoms with van der Waals surface area (Å²) in [5, 5.41) is 19.0. The number of nitrogens with zero attached hydrogens (tertiary/aromatic N) is 2. The van der Waals surface area contributed by atoms with Crippen LogP contribution in [-0.2, 0) is 0 Å². The summed E-state index contributed by atoms with van der Waals surface area (Å²) >= 11 is 1.61. The first-order valence-electron chi connectivity index (χ1n) is 5.51. The number of benzene rings is 1. The van der Waals surface area contributed by atoms with E-state index in [-0.39, 0.29) is 5.75 Å². The average molecular weight is 257 g/mol. The number of azo groups is 1. The van der Waals surface area contributed by atoms with E-state index in [1.807, 2.05) is 25.1 Å². The number of aromatic amines is 1. The standard InChI is InChI=1S/C13H11N3OS/c1-8-7-9-11(17)5-4-10(13(9)18-8)15-16-12-3-2-6-14-12/h2-7,14,17H,1H3. The van der Waals surface area contributed by atoms with Crippen molar-refractivity contribution in [1.29, 1.82) is 0 Å². The lowest BCUT2D eigenvalue weighted by molar-refractivity contribution is 0.482. The number of hydrogen-bond acceptors (Lipinski definition) is 4. The first-order chi connectivity index (χ1) is 8.74. The molecule has 0 fully saturated rings. The molecule has 0 aliphatic rings. The van der Waals surface area contributed by atoms with Crippen molar-refractivity contribution < 1.29 is 5.11 Å². The Morgan fingerprint density at radius 2 is 2.11 bits per heavy atom. The number of aromatic nitrogens is 1. The molecule has 1 aromatic carbocycles. The summed E-state index contributed by atoms with van der Waals surface area (Å²) in [4.78, 5) is 4.11. The molecular formula is C13H11N3OS. The van der Waals surface area contributed by atoms with Gasteiger partial charge in [0, 0.05) is 16.5 Å². The molecule has 18 heavy (non-hydrogen) atoms. The van der Waals surface area contributed by atoms with Crippen molar-refractivity contribution in [2.24, 2.45) is 10.2 Å². The Morgan fingerprint density at radius 3 is 2.89 bits per heavy atom. The molecule has 0 spiro atoms. The molecule has 4 nitrogen and oxygen atoms in total. The molecule has 0 aliphatic heterocycles. The molecule has 5 heteroatoms. The van der Waals surface area contributed by atoms with Crippen LogP contribution in [0.2, 0.25) is 0 Å². The fraction of sp³-hybridized carbons (Fsp3) is 0.0769. The zero-order chi connectivity index (χ0) is 12.5. The van der Waals surface area contributed by atoms with Crippen LogP contribution in [0.15, 0.2) is 46.8 Å². The highest BCUT2D eigenvalue weighted by Gasteiger charge is 2.08. The fourth-order valence-electron chi connectivity index (χ4n) is 1.79. The summed E-state index contributed by atoms with van der Waals surface area (Å²) < 4.78 is 0.961. The minimum atomic E-state index is 0.285. The van der Waals surface area contributed by atoms with Crippen LogP contribution in [0.5, 0.6) is 5.75 Å². The van der Waals surface area contributed by atoms with Crippen LogP contribution in [0, 0.1) is 6.92 Å². The largest absolute Gasteiger partial charge is 0.507 e. The van der Waals surface area contributed by atoms with E-state index in [0.717, 1.165) is 20.7 Å². The SMILES string of the molecule is Cc1cc2c(O)ccc(N=Nc3ccc[nH]3)c2s1. The second-order valence-electron chi connectivity index (χ2n) is 3.96. The average Bonchev–Trinajstić information content (AvgIpc) is 2.97. The van der Waals surface area contributed by atoms with E-state index in [1.54, 1.807) is 29.7 Å². The van der Waals surface area contributed by atoms with Gasteiger partial charge >= 0.3 is 0 Å². The van der Waals surface area contributed by atoms with Crippen LogP contribution in [-0.4, -0.2) is 10.1 Å². The number of phenols is 1. The third-order valence-electron chi connectivity index (χ3n) is 2.61.